The average molecular weight is 369 g/mol. The Bertz CT molecular complexity index is 916. The molecule has 6 nitrogen and oxygen atoms in total. The van der Waals surface area contributed by atoms with Crippen LogP contribution in [-0.4, -0.2) is 20.6 Å². The number of rotatable bonds is 2. The Morgan fingerprint density at radius 2 is 2.05 bits per heavy atom. The largest absolute Gasteiger partial charge is 0.478 e. The topological polar surface area (TPSA) is 92.2 Å². The van der Waals surface area contributed by atoms with Crippen molar-refractivity contribution in [2.75, 3.05) is 0 Å². The number of carboxylic acid groups (broad SMARTS) is 1. The normalized spacial score (nSPS) is 13.2. The maximum atomic E-state index is 14.2. The number of hydrogen-bond donors (Lipinski definition) is 2. The predicted molar refractivity (Wildman–Crippen MR) is 79.3 cm³/mol. The molecular weight excluding hydrogens is 359 g/mol. The summed E-state index contributed by atoms with van der Waals surface area (Å²) in [6.07, 6.45) is 1.85. The van der Waals surface area contributed by atoms with E-state index in [0.717, 1.165) is 18.6 Å². The van der Waals surface area contributed by atoms with E-state index in [2.05, 4.69) is 20.9 Å². The highest BCUT2D eigenvalue weighted by molar-refractivity contribution is 9.10. The molecule has 0 saturated heterocycles. The molecule has 1 aromatic carbocycles. The number of aryl methyl sites for hydroxylation is 1. The van der Waals surface area contributed by atoms with E-state index >= 15 is 0 Å². The van der Waals surface area contributed by atoms with E-state index < -0.39 is 23.0 Å². The Balaban J connectivity index is 2.34. The van der Waals surface area contributed by atoms with Gasteiger partial charge in [0.05, 0.1) is 11.3 Å². The van der Waals surface area contributed by atoms with Gasteiger partial charge in [0.1, 0.15) is 5.82 Å². The van der Waals surface area contributed by atoms with Crippen molar-refractivity contribution in [2.45, 2.75) is 19.3 Å². The van der Waals surface area contributed by atoms with Crippen LogP contribution in [0.3, 0.4) is 0 Å². The lowest BCUT2D eigenvalue weighted by atomic mass is 10.2. The average Bonchev–Trinajstić information content (AvgIpc) is 2.88. The van der Waals surface area contributed by atoms with Crippen LogP contribution in [-0.2, 0) is 12.8 Å². The molecule has 0 unspecified atom stereocenters. The molecule has 3 rings (SSSR count). The van der Waals surface area contributed by atoms with Gasteiger partial charge in [0, 0.05) is 15.7 Å². The molecule has 1 heterocycles. The van der Waals surface area contributed by atoms with Gasteiger partial charge in [-0.25, -0.2) is 18.5 Å². The highest BCUT2D eigenvalue weighted by Gasteiger charge is 2.22. The Hall–Kier alpha value is -2.22. The number of hydrogen-bond acceptors (Lipinski definition) is 3. The van der Waals surface area contributed by atoms with Crippen molar-refractivity contribution in [2.24, 2.45) is 0 Å². The summed E-state index contributed by atoms with van der Waals surface area (Å²) in [5.74, 6) is -2.15. The minimum Gasteiger partial charge on any atom is -0.478 e. The third kappa shape index (κ3) is 2.19. The van der Waals surface area contributed by atoms with Crippen LogP contribution in [0.4, 0.5) is 4.39 Å². The van der Waals surface area contributed by atoms with Crippen molar-refractivity contribution in [3.8, 4) is 5.69 Å². The standard InChI is InChI=1S/C14H10BrFN2O4/c15-8-5-9(16)11(4-7(8)13(20)21)18-12(19)6-2-1-3-10(6)17-14(18)22/h4-5H,1-3H2,(H,17,22)(H,20,21). The first-order valence-electron chi connectivity index (χ1n) is 6.50. The number of carbonyl (C=O) groups is 1. The number of fused-ring (bicyclic) bond motifs is 1. The second kappa shape index (κ2) is 5.20. The highest BCUT2D eigenvalue weighted by atomic mass is 79.9. The minimum absolute atomic E-state index is 0.0342. The van der Waals surface area contributed by atoms with E-state index in [4.69, 9.17) is 5.11 Å². The second-order valence-corrected chi connectivity index (χ2v) is 5.82. The fourth-order valence-corrected chi connectivity index (χ4v) is 3.11. The summed E-state index contributed by atoms with van der Waals surface area (Å²) < 4.78 is 14.8. The van der Waals surface area contributed by atoms with Crippen LogP contribution >= 0.6 is 15.9 Å². The lowest BCUT2D eigenvalue weighted by Gasteiger charge is -2.10. The van der Waals surface area contributed by atoms with Crippen LogP contribution in [0.2, 0.25) is 0 Å². The zero-order valence-electron chi connectivity index (χ0n) is 11.2. The molecule has 1 aliphatic rings. The van der Waals surface area contributed by atoms with E-state index in [1.807, 2.05) is 0 Å². The molecule has 0 radical (unpaired) electrons. The number of benzene rings is 1. The number of halogens is 2. The predicted octanol–water partition coefficient (Wildman–Crippen LogP) is 1.61. The van der Waals surface area contributed by atoms with Crippen molar-refractivity contribution in [3.05, 3.63) is 60.1 Å². The Kier molecular flexibility index (Phi) is 3.48. The molecule has 2 aromatic rings. The molecule has 2 N–H and O–H groups in total. The van der Waals surface area contributed by atoms with Crippen LogP contribution in [0, 0.1) is 5.82 Å². The number of aromatic carboxylic acids is 1. The molecular formula is C14H10BrFN2O4. The van der Waals surface area contributed by atoms with Gasteiger partial charge in [-0.15, -0.1) is 0 Å². The summed E-state index contributed by atoms with van der Waals surface area (Å²) >= 11 is 2.95. The van der Waals surface area contributed by atoms with Gasteiger partial charge < -0.3 is 10.1 Å². The van der Waals surface area contributed by atoms with Crippen molar-refractivity contribution in [1.82, 2.24) is 9.55 Å². The highest BCUT2D eigenvalue weighted by Crippen LogP contribution is 2.23. The van der Waals surface area contributed by atoms with Gasteiger partial charge in [0.2, 0.25) is 0 Å². The molecule has 0 bridgehead atoms. The van der Waals surface area contributed by atoms with Crippen molar-refractivity contribution < 1.29 is 14.3 Å². The van der Waals surface area contributed by atoms with Gasteiger partial charge in [0.25, 0.3) is 5.56 Å². The smallest absolute Gasteiger partial charge is 0.336 e. The van der Waals surface area contributed by atoms with Gasteiger partial charge in [-0.1, -0.05) is 0 Å². The number of nitrogens with zero attached hydrogens (tertiary/aromatic N) is 1. The van der Waals surface area contributed by atoms with Gasteiger partial charge in [0.15, 0.2) is 0 Å². The number of aromatic nitrogens is 2. The van der Waals surface area contributed by atoms with Crippen LogP contribution in [0.15, 0.2) is 26.2 Å². The van der Waals surface area contributed by atoms with Crippen LogP contribution in [0.5, 0.6) is 0 Å². The Morgan fingerprint density at radius 3 is 2.73 bits per heavy atom. The number of nitrogens with one attached hydrogen (secondary N) is 1. The summed E-state index contributed by atoms with van der Waals surface area (Å²) in [7, 11) is 0. The molecule has 114 valence electrons. The van der Waals surface area contributed by atoms with Gasteiger partial charge in [-0.2, -0.15) is 0 Å². The molecule has 1 aromatic heterocycles. The molecule has 0 aliphatic heterocycles. The van der Waals surface area contributed by atoms with Crippen molar-refractivity contribution >= 4 is 21.9 Å². The molecule has 0 fully saturated rings. The molecule has 22 heavy (non-hydrogen) atoms. The first-order chi connectivity index (χ1) is 10.4. The van der Waals surface area contributed by atoms with Crippen molar-refractivity contribution in [3.63, 3.8) is 0 Å². The van der Waals surface area contributed by atoms with Gasteiger partial charge in [-0.05, 0) is 47.3 Å². The van der Waals surface area contributed by atoms with E-state index in [1.165, 1.54) is 0 Å². The Labute approximate surface area is 131 Å². The molecule has 0 amide bonds. The molecule has 1 aliphatic carbocycles. The first kappa shape index (κ1) is 14.7. The second-order valence-electron chi connectivity index (χ2n) is 4.97. The Morgan fingerprint density at radius 1 is 1.32 bits per heavy atom. The maximum absolute atomic E-state index is 14.2. The zero-order chi connectivity index (χ0) is 16.0. The summed E-state index contributed by atoms with van der Waals surface area (Å²) in [5.41, 5.74) is -0.970. The summed E-state index contributed by atoms with van der Waals surface area (Å²) in [6, 6.07) is 1.90. The van der Waals surface area contributed by atoms with E-state index in [0.29, 0.717) is 28.7 Å². The third-order valence-corrected chi connectivity index (χ3v) is 4.30. The quantitative estimate of drug-likeness (QED) is 0.842. The third-order valence-electron chi connectivity index (χ3n) is 3.65. The molecule has 8 heteroatoms. The summed E-state index contributed by atoms with van der Waals surface area (Å²) in [5, 5.41) is 9.10. The monoisotopic (exact) mass is 368 g/mol. The fraction of sp³-hybridized carbons (Fsp3) is 0.214. The summed E-state index contributed by atoms with van der Waals surface area (Å²) in [4.78, 5) is 38.2. The van der Waals surface area contributed by atoms with Crippen LogP contribution < -0.4 is 11.2 Å². The number of aromatic amines is 1. The number of H-pyrrole nitrogens is 1. The van der Waals surface area contributed by atoms with Gasteiger partial charge in [-0.3, -0.25) is 4.79 Å². The lowest BCUT2D eigenvalue weighted by Crippen LogP contribution is -2.37. The molecule has 0 atom stereocenters. The fourth-order valence-electron chi connectivity index (χ4n) is 2.62. The zero-order valence-corrected chi connectivity index (χ0v) is 12.7. The van der Waals surface area contributed by atoms with Crippen LogP contribution in [0.25, 0.3) is 5.69 Å². The van der Waals surface area contributed by atoms with Gasteiger partial charge >= 0.3 is 11.7 Å². The van der Waals surface area contributed by atoms with E-state index in [1.54, 1.807) is 0 Å². The molecule has 0 spiro atoms. The van der Waals surface area contributed by atoms with E-state index in [9.17, 15) is 18.8 Å². The number of carboxylic acids is 1. The van der Waals surface area contributed by atoms with Crippen LogP contribution in [0.1, 0.15) is 28.0 Å². The molecule has 0 saturated carbocycles. The maximum Gasteiger partial charge on any atom is 0.336 e. The van der Waals surface area contributed by atoms with Crippen molar-refractivity contribution in [1.29, 1.82) is 0 Å². The first-order valence-corrected chi connectivity index (χ1v) is 7.29. The van der Waals surface area contributed by atoms with E-state index in [-0.39, 0.29) is 15.7 Å². The SMILES string of the molecule is O=C(O)c1cc(-n2c(=O)[nH]c3c(c2=O)CCC3)c(F)cc1Br. The lowest BCUT2D eigenvalue weighted by molar-refractivity contribution is 0.0696. The minimum atomic E-state index is -1.29. The summed E-state index contributed by atoms with van der Waals surface area (Å²) in [6.45, 7) is 0.